The molecule has 2 aromatic carbocycles. The first-order valence-corrected chi connectivity index (χ1v) is 12.8. The molecule has 3 heteroatoms. The Labute approximate surface area is 168 Å². The highest BCUT2D eigenvalue weighted by atomic mass is 28.3. The van der Waals surface area contributed by atoms with Crippen molar-refractivity contribution >= 4 is 29.4 Å². The average Bonchev–Trinajstić information content (AvgIpc) is 2.70. The summed E-state index contributed by atoms with van der Waals surface area (Å²) < 4.78 is 2.24. The normalized spacial score (nSPS) is 11.8. The van der Waals surface area contributed by atoms with Crippen molar-refractivity contribution in [2.24, 2.45) is 7.05 Å². The van der Waals surface area contributed by atoms with Crippen LogP contribution in [0.1, 0.15) is 11.1 Å². The minimum absolute atomic E-state index is 1.23. The van der Waals surface area contributed by atoms with E-state index in [4.69, 9.17) is 0 Å². The van der Waals surface area contributed by atoms with Gasteiger partial charge in [-0.1, -0.05) is 54.2 Å². The molecule has 0 saturated heterocycles. The SMILES string of the molecule is Cc1ccc(C)c(-c2c3ccc([Si](C)(C)c4ccccn4)cc3cc[n+]2C)c1. The maximum atomic E-state index is 4.67. The lowest BCUT2D eigenvalue weighted by Crippen LogP contribution is -2.54. The first kappa shape index (κ1) is 18.6. The van der Waals surface area contributed by atoms with Crippen molar-refractivity contribution in [3.05, 3.63) is 84.2 Å². The third-order valence-electron chi connectivity index (χ3n) is 5.81. The molecule has 2 nitrogen and oxygen atoms in total. The number of pyridine rings is 2. The van der Waals surface area contributed by atoms with Gasteiger partial charge in [-0.3, -0.25) is 4.98 Å². The summed E-state index contributed by atoms with van der Waals surface area (Å²) in [6, 6.07) is 22.2. The van der Waals surface area contributed by atoms with Crippen molar-refractivity contribution in [2.75, 3.05) is 0 Å². The molecule has 0 spiro atoms. The summed E-state index contributed by atoms with van der Waals surface area (Å²) in [5, 5.41) is 5.24. The third kappa shape index (κ3) is 3.16. The third-order valence-corrected chi connectivity index (χ3v) is 9.14. The largest absolute Gasteiger partial charge is 0.266 e. The lowest BCUT2D eigenvalue weighted by Gasteiger charge is -2.22. The average molecular weight is 384 g/mol. The van der Waals surface area contributed by atoms with Crippen LogP contribution in [0.5, 0.6) is 0 Å². The maximum absolute atomic E-state index is 4.67. The molecular formula is C25H27N2Si+. The highest BCUT2D eigenvalue weighted by Crippen LogP contribution is 2.28. The Kier molecular flexibility index (Phi) is 4.64. The number of rotatable bonds is 3. The molecule has 0 aliphatic heterocycles. The molecule has 0 aliphatic rings. The highest BCUT2D eigenvalue weighted by Gasteiger charge is 2.28. The first-order valence-electron chi connectivity index (χ1n) is 9.80. The van der Waals surface area contributed by atoms with Crippen LogP contribution in [-0.2, 0) is 7.05 Å². The zero-order valence-corrected chi connectivity index (χ0v) is 18.3. The molecule has 0 N–H and O–H groups in total. The molecule has 0 unspecified atom stereocenters. The Morgan fingerprint density at radius 2 is 1.71 bits per heavy atom. The van der Waals surface area contributed by atoms with E-state index in [0.29, 0.717) is 0 Å². The van der Waals surface area contributed by atoms with Gasteiger partial charge in [0.25, 0.3) is 0 Å². The van der Waals surface area contributed by atoms with Gasteiger partial charge < -0.3 is 0 Å². The van der Waals surface area contributed by atoms with Gasteiger partial charge >= 0.3 is 0 Å². The van der Waals surface area contributed by atoms with Crippen LogP contribution >= 0.6 is 0 Å². The second-order valence-electron chi connectivity index (χ2n) is 8.24. The number of benzene rings is 2. The second kappa shape index (κ2) is 6.99. The molecule has 0 atom stereocenters. The van der Waals surface area contributed by atoms with E-state index in [2.05, 4.69) is 104 Å². The topological polar surface area (TPSA) is 16.8 Å². The van der Waals surface area contributed by atoms with Crippen LogP contribution in [0.2, 0.25) is 13.1 Å². The molecule has 0 amide bonds. The molecule has 4 aromatic rings. The van der Waals surface area contributed by atoms with E-state index in [-0.39, 0.29) is 0 Å². The van der Waals surface area contributed by atoms with Gasteiger partial charge in [0.1, 0.15) is 15.1 Å². The van der Waals surface area contributed by atoms with Crippen LogP contribution in [0, 0.1) is 13.8 Å². The fraction of sp³-hybridized carbons (Fsp3) is 0.200. The van der Waals surface area contributed by atoms with Crippen LogP contribution in [0.4, 0.5) is 0 Å². The molecular weight excluding hydrogens is 356 g/mol. The Morgan fingerprint density at radius 3 is 2.46 bits per heavy atom. The molecule has 0 bridgehead atoms. The Bertz CT molecular complexity index is 1160. The predicted molar refractivity (Wildman–Crippen MR) is 121 cm³/mol. The Hall–Kier alpha value is -2.78. The summed E-state index contributed by atoms with van der Waals surface area (Å²) >= 11 is 0. The Morgan fingerprint density at radius 1 is 0.893 bits per heavy atom. The van der Waals surface area contributed by atoms with E-state index in [1.165, 1.54) is 43.7 Å². The van der Waals surface area contributed by atoms with Crippen LogP contribution in [0.15, 0.2) is 73.1 Å². The zero-order chi connectivity index (χ0) is 19.9. The summed E-state index contributed by atoms with van der Waals surface area (Å²) in [6.07, 6.45) is 4.09. The second-order valence-corrected chi connectivity index (χ2v) is 12.6. The Balaban J connectivity index is 1.92. The molecule has 0 fully saturated rings. The minimum Gasteiger partial charge on any atom is -0.266 e. The fourth-order valence-corrected chi connectivity index (χ4v) is 6.19. The first-order chi connectivity index (χ1) is 13.4. The van der Waals surface area contributed by atoms with Crippen LogP contribution in [-0.4, -0.2) is 13.1 Å². The highest BCUT2D eigenvalue weighted by molar-refractivity contribution is 7.00. The van der Waals surface area contributed by atoms with Crippen LogP contribution in [0.25, 0.3) is 22.0 Å². The molecule has 4 rings (SSSR count). The van der Waals surface area contributed by atoms with Crippen molar-refractivity contribution in [3.63, 3.8) is 0 Å². The lowest BCUT2D eigenvalue weighted by molar-refractivity contribution is -0.659. The zero-order valence-electron chi connectivity index (χ0n) is 17.3. The van der Waals surface area contributed by atoms with Gasteiger partial charge in [-0.25, -0.2) is 4.57 Å². The number of hydrogen-bond acceptors (Lipinski definition) is 1. The molecule has 140 valence electrons. The van der Waals surface area contributed by atoms with Gasteiger partial charge in [0.2, 0.25) is 5.69 Å². The van der Waals surface area contributed by atoms with Crippen LogP contribution < -0.4 is 15.1 Å². The number of aromatic nitrogens is 2. The summed E-state index contributed by atoms with van der Waals surface area (Å²) in [6.45, 7) is 9.11. The van der Waals surface area contributed by atoms with Crippen molar-refractivity contribution in [2.45, 2.75) is 26.9 Å². The number of fused-ring (bicyclic) bond motifs is 1. The van der Waals surface area contributed by atoms with Crippen molar-refractivity contribution in [1.82, 2.24) is 4.98 Å². The van der Waals surface area contributed by atoms with E-state index >= 15 is 0 Å². The van der Waals surface area contributed by atoms with E-state index in [9.17, 15) is 0 Å². The lowest BCUT2D eigenvalue weighted by atomic mass is 9.98. The standard InChI is InChI=1S/C25H27N2Si/c1-18-9-10-19(2)23(16-18)25-22-12-11-21(17-20(22)13-15-27(25)3)28(4,5)24-8-6-7-14-26-24/h6-17H,1-5H3/q+1. The van der Waals surface area contributed by atoms with E-state index in [1.54, 1.807) is 0 Å². The van der Waals surface area contributed by atoms with Gasteiger partial charge in [-0.2, -0.15) is 0 Å². The molecule has 2 aromatic heterocycles. The van der Waals surface area contributed by atoms with E-state index < -0.39 is 8.07 Å². The predicted octanol–water partition coefficient (Wildman–Crippen LogP) is 4.17. The molecule has 0 radical (unpaired) electrons. The van der Waals surface area contributed by atoms with Crippen LogP contribution in [0.3, 0.4) is 0 Å². The summed E-state index contributed by atoms with van der Waals surface area (Å²) in [5.41, 5.74) is 5.18. The monoisotopic (exact) mass is 383 g/mol. The van der Waals surface area contributed by atoms with Gasteiger partial charge in [0, 0.05) is 23.1 Å². The summed E-state index contributed by atoms with van der Waals surface area (Å²) in [4.78, 5) is 4.67. The van der Waals surface area contributed by atoms with Gasteiger partial charge in [0.05, 0.1) is 5.39 Å². The quantitative estimate of drug-likeness (QED) is 0.383. The van der Waals surface area contributed by atoms with Gasteiger partial charge in [-0.15, -0.1) is 0 Å². The molecule has 0 saturated carbocycles. The maximum Gasteiger partial charge on any atom is 0.220 e. The van der Waals surface area contributed by atoms with Crippen molar-refractivity contribution in [1.29, 1.82) is 0 Å². The van der Waals surface area contributed by atoms with E-state index in [1.807, 2.05) is 12.3 Å². The summed E-state index contributed by atoms with van der Waals surface area (Å²) in [7, 11) is 0.315. The number of hydrogen-bond donors (Lipinski definition) is 0. The van der Waals surface area contributed by atoms with Crippen molar-refractivity contribution < 1.29 is 4.57 Å². The minimum atomic E-state index is -1.82. The molecule has 28 heavy (non-hydrogen) atoms. The van der Waals surface area contributed by atoms with Gasteiger partial charge in [0.15, 0.2) is 6.20 Å². The number of nitrogens with zero attached hydrogens (tertiary/aromatic N) is 2. The van der Waals surface area contributed by atoms with E-state index in [0.717, 1.165) is 0 Å². The summed E-state index contributed by atoms with van der Waals surface area (Å²) in [5.74, 6) is 0. The molecule has 2 heterocycles. The van der Waals surface area contributed by atoms with Gasteiger partial charge in [-0.05, 0) is 49.1 Å². The molecule has 0 aliphatic carbocycles. The van der Waals surface area contributed by atoms with Crippen molar-refractivity contribution in [3.8, 4) is 11.3 Å². The number of aryl methyl sites for hydroxylation is 3. The fourth-order valence-electron chi connectivity index (χ4n) is 3.97. The smallest absolute Gasteiger partial charge is 0.220 e.